The molecule has 0 saturated heterocycles. The molecular weight excluding hydrogens is 326 g/mol. The number of benzene rings is 4. The van der Waals surface area contributed by atoms with E-state index < -0.39 is 0 Å². The van der Waals surface area contributed by atoms with Crippen molar-refractivity contribution < 1.29 is 0 Å². The largest absolute Gasteiger partial charge is 0.397 e. The SMILES string of the molecule is N[C]=C(c1ccccc1)c1cccc(-c2ccccc2)c1-c1ccccc1. The molecule has 0 amide bonds. The number of rotatable bonds is 4. The van der Waals surface area contributed by atoms with Gasteiger partial charge in [0.25, 0.3) is 0 Å². The molecule has 0 aliphatic carbocycles. The minimum Gasteiger partial charge on any atom is -0.397 e. The zero-order valence-electron chi connectivity index (χ0n) is 15.0. The molecule has 0 aromatic heterocycles. The summed E-state index contributed by atoms with van der Waals surface area (Å²) in [7, 11) is 0. The Balaban J connectivity index is 2.00. The van der Waals surface area contributed by atoms with Gasteiger partial charge in [-0.1, -0.05) is 109 Å². The summed E-state index contributed by atoms with van der Waals surface area (Å²) < 4.78 is 0. The first kappa shape index (κ1) is 16.9. The predicted molar refractivity (Wildman–Crippen MR) is 114 cm³/mol. The van der Waals surface area contributed by atoms with Crippen molar-refractivity contribution in [1.82, 2.24) is 0 Å². The van der Waals surface area contributed by atoms with Crippen molar-refractivity contribution in [3.05, 3.63) is 127 Å². The lowest BCUT2D eigenvalue weighted by Gasteiger charge is -2.18. The third-order valence-electron chi connectivity index (χ3n) is 4.69. The van der Waals surface area contributed by atoms with Crippen molar-refractivity contribution in [2.24, 2.45) is 5.73 Å². The fraction of sp³-hybridized carbons (Fsp3) is 0. The van der Waals surface area contributed by atoms with Crippen molar-refractivity contribution in [1.29, 1.82) is 0 Å². The molecule has 1 heteroatoms. The van der Waals surface area contributed by atoms with Crippen molar-refractivity contribution in [3.63, 3.8) is 0 Å². The number of hydrogen-bond donors (Lipinski definition) is 1. The normalized spacial score (nSPS) is 11.3. The molecule has 0 saturated carbocycles. The number of nitrogens with two attached hydrogens (primary N) is 1. The Morgan fingerprint density at radius 1 is 0.556 bits per heavy atom. The van der Waals surface area contributed by atoms with Crippen LogP contribution in [0.15, 0.2) is 109 Å². The van der Waals surface area contributed by atoms with Crippen LogP contribution in [0.5, 0.6) is 0 Å². The van der Waals surface area contributed by atoms with Crippen LogP contribution in [-0.2, 0) is 0 Å². The molecule has 1 nitrogen and oxygen atoms in total. The van der Waals surface area contributed by atoms with Crippen LogP contribution >= 0.6 is 0 Å². The lowest BCUT2D eigenvalue weighted by atomic mass is 9.86. The summed E-state index contributed by atoms with van der Waals surface area (Å²) in [6.45, 7) is 0. The monoisotopic (exact) mass is 346 g/mol. The maximum absolute atomic E-state index is 5.99. The van der Waals surface area contributed by atoms with E-state index in [1.165, 1.54) is 16.7 Å². The summed E-state index contributed by atoms with van der Waals surface area (Å²) in [5.41, 5.74) is 13.7. The second-order valence-corrected chi connectivity index (χ2v) is 6.35. The Kier molecular flexibility index (Phi) is 4.84. The van der Waals surface area contributed by atoms with Gasteiger partial charge in [0.2, 0.25) is 0 Å². The Bertz CT molecular complexity index is 1050. The summed E-state index contributed by atoms with van der Waals surface area (Å²) in [6, 6.07) is 37.5. The summed E-state index contributed by atoms with van der Waals surface area (Å²) >= 11 is 0. The Labute approximate surface area is 160 Å². The highest BCUT2D eigenvalue weighted by molar-refractivity contribution is 5.95. The van der Waals surface area contributed by atoms with Crippen LogP contribution in [0.3, 0.4) is 0 Å². The molecule has 0 atom stereocenters. The Morgan fingerprint density at radius 3 is 1.70 bits per heavy atom. The molecule has 129 valence electrons. The van der Waals surface area contributed by atoms with E-state index in [2.05, 4.69) is 85.1 Å². The molecule has 4 aromatic carbocycles. The average Bonchev–Trinajstić information content (AvgIpc) is 2.76. The third-order valence-corrected chi connectivity index (χ3v) is 4.69. The van der Waals surface area contributed by atoms with Crippen LogP contribution in [0, 0.1) is 6.20 Å². The van der Waals surface area contributed by atoms with Crippen molar-refractivity contribution in [2.45, 2.75) is 0 Å². The predicted octanol–water partition coefficient (Wildman–Crippen LogP) is 6.17. The number of hydrogen-bond acceptors (Lipinski definition) is 1. The van der Waals surface area contributed by atoms with Crippen LogP contribution < -0.4 is 5.73 Å². The average molecular weight is 346 g/mol. The highest BCUT2D eigenvalue weighted by Crippen LogP contribution is 2.39. The van der Waals surface area contributed by atoms with E-state index in [0.717, 1.165) is 22.3 Å². The molecule has 0 unspecified atom stereocenters. The van der Waals surface area contributed by atoms with Gasteiger partial charge < -0.3 is 5.73 Å². The van der Waals surface area contributed by atoms with E-state index in [-0.39, 0.29) is 0 Å². The van der Waals surface area contributed by atoms with E-state index >= 15 is 0 Å². The van der Waals surface area contributed by atoms with Crippen LogP contribution in [0.4, 0.5) is 0 Å². The molecule has 1 radical (unpaired) electrons. The Hall–Kier alpha value is -3.58. The van der Waals surface area contributed by atoms with Gasteiger partial charge in [0.1, 0.15) is 0 Å². The summed E-state index contributed by atoms with van der Waals surface area (Å²) in [5, 5.41) is 0. The minimum atomic E-state index is 0.909. The first-order chi connectivity index (χ1) is 13.4. The van der Waals surface area contributed by atoms with Crippen LogP contribution in [0.2, 0.25) is 0 Å². The third kappa shape index (κ3) is 3.40. The van der Waals surface area contributed by atoms with Gasteiger partial charge in [-0.05, 0) is 33.4 Å². The van der Waals surface area contributed by atoms with Gasteiger partial charge in [0.15, 0.2) is 0 Å². The van der Waals surface area contributed by atoms with Gasteiger partial charge >= 0.3 is 0 Å². The molecule has 0 aliphatic rings. The van der Waals surface area contributed by atoms with Gasteiger partial charge in [0.05, 0.1) is 6.20 Å². The van der Waals surface area contributed by atoms with Crippen LogP contribution in [-0.4, -0.2) is 0 Å². The zero-order chi connectivity index (χ0) is 18.5. The molecule has 0 fully saturated rings. The molecule has 0 heterocycles. The minimum absolute atomic E-state index is 0.909. The zero-order valence-corrected chi connectivity index (χ0v) is 15.0. The fourth-order valence-electron chi connectivity index (χ4n) is 3.46. The lowest BCUT2D eigenvalue weighted by Crippen LogP contribution is -1.98. The quantitative estimate of drug-likeness (QED) is 0.439. The smallest absolute Gasteiger partial charge is 0.0640 e. The van der Waals surface area contributed by atoms with Gasteiger partial charge in [-0.15, -0.1) is 0 Å². The van der Waals surface area contributed by atoms with E-state index in [0.29, 0.717) is 0 Å². The first-order valence-electron chi connectivity index (χ1n) is 9.01. The standard InChI is InChI=1S/C26H20N/c27-19-25(21-13-6-2-7-14-21)24-18-10-17-23(20-11-4-1-5-12-20)26(24)22-15-8-3-9-16-22/h1-18H,27H2. The summed E-state index contributed by atoms with van der Waals surface area (Å²) in [6.07, 6.45) is 2.94. The molecule has 0 aliphatic heterocycles. The van der Waals surface area contributed by atoms with Gasteiger partial charge in [-0.2, -0.15) is 0 Å². The van der Waals surface area contributed by atoms with Gasteiger partial charge in [-0.3, -0.25) is 0 Å². The lowest BCUT2D eigenvalue weighted by molar-refractivity contribution is 1.45. The molecule has 0 bridgehead atoms. The van der Waals surface area contributed by atoms with E-state index in [1.807, 2.05) is 30.3 Å². The topological polar surface area (TPSA) is 26.0 Å². The van der Waals surface area contributed by atoms with E-state index in [4.69, 9.17) is 5.73 Å². The van der Waals surface area contributed by atoms with Crippen LogP contribution in [0.25, 0.3) is 27.8 Å². The Morgan fingerprint density at radius 2 is 1.11 bits per heavy atom. The molecule has 0 spiro atoms. The fourth-order valence-corrected chi connectivity index (χ4v) is 3.46. The van der Waals surface area contributed by atoms with Crippen molar-refractivity contribution in [2.75, 3.05) is 0 Å². The van der Waals surface area contributed by atoms with Crippen molar-refractivity contribution in [3.8, 4) is 22.3 Å². The second-order valence-electron chi connectivity index (χ2n) is 6.35. The van der Waals surface area contributed by atoms with E-state index in [9.17, 15) is 0 Å². The maximum atomic E-state index is 5.99. The molecule has 27 heavy (non-hydrogen) atoms. The summed E-state index contributed by atoms with van der Waals surface area (Å²) in [4.78, 5) is 0. The highest BCUT2D eigenvalue weighted by atomic mass is 14.5. The van der Waals surface area contributed by atoms with E-state index in [1.54, 1.807) is 0 Å². The first-order valence-corrected chi connectivity index (χ1v) is 9.01. The maximum Gasteiger partial charge on any atom is 0.0640 e. The second kappa shape index (κ2) is 7.76. The molecule has 4 rings (SSSR count). The van der Waals surface area contributed by atoms with Gasteiger partial charge in [-0.25, -0.2) is 0 Å². The molecular formula is C26H20N. The molecule has 4 aromatic rings. The van der Waals surface area contributed by atoms with Gasteiger partial charge in [0, 0.05) is 5.57 Å². The van der Waals surface area contributed by atoms with Crippen LogP contribution in [0.1, 0.15) is 11.1 Å². The highest BCUT2D eigenvalue weighted by Gasteiger charge is 2.16. The van der Waals surface area contributed by atoms with Crippen molar-refractivity contribution >= 4 is 5.57 Å². The molecule has 2 N–H and O–H groups in total. The summed E-state index contributed by atoms with van der Waals surface area (Å²) in [5.74, 6) is 0.